The van der Waals surface area contributed by atoms with Crippen molar-refractivity contribution >= 4 is 17.7 Å². The number of carbonyl (C=O) groups is 1. The molecular weight excluding hydrogens is 290 g/mol. The van der Waals surface area contributed by atoms with Crippen LogP contribution in [0, 0.1) is 22.7 Å². The van der Waals surface area contributed by atoms with Gasteiger partial charge in [0.05, 0.1) is 36.8 Å². The van der Waals surface area contributed by atoms with Crippen LogP contribution in [0.1, 0.15) is 31.7 Å². The highest BCUT2D eigenvalue weighted by atomic mass is 32.2. The number of rotatable bonds is 8. The minimum Gasteiger partial charge on any atom is -0.340 e. The van der Waals surface area contributed by atoms with E-state index in [1.54, 1.807) is 9.58 Å². The van der Waals surface area contributed by atoms with Crippen LogP contribution in [0.25, 0.3) is 0 Å². The summed E-state index contributed by atoms with van der Waals surface area (Å²) in [5.74, 6) is 0.111. The lowest BCUT2D eigenvalue weighted by Gasteiger charge is -2.19. The second kappa shape index (κ2) is 7.60. The molecule has 0 aromatic carbocycles. The van der Waals surface area contributed by atoms with Gasteiger partial charge in [-0.25, -0.2) is 4.68 Å². The standard InChI is InChI=1S/C12H15N7OS/c13-5-1-7-18(8-2-6-14)11(20)9-21-12-15-16-17-19(12)10-3-4-10/h10H,1-4,7-9H2. The molecule has 1 aliphatic carbocycles. The maximum Gasteiger partial charge on any atom is 0.233 e. The van der Waals surface area contributed by atoms with Crippen LogP contribution < -0.4 is 0 Å². The number of thioether (sulfide) groups is 1. The number of nitrogens with zero attached hydrogens (tertiary/aromatic N) is 7. The third kappa shape index (κ3) is 4.43. The SMILES string of the molecule is N#CCCN(CCC#N)C(=O)CSc1nnnn1C1CC1. The van der Waals surface area contributed by atoms with E-state index in [1.165, 1.54) is 11.8 Å². The fourth-order valence-electron chi connectivity index (χ4n) is 1.78. The maximum atomic E-state index is 12.2. The van der Waals surface area contributed by atoms with Gasteiger partial charge in [-0.2, -0.15) is 10.5 Å². The van der Waals surface area contributed by atoms with Gasteiger partial charge in [-0.1, -0.05) is 11.8 Å². The lowest BCUT2D eigenvalue weighted by molar-refractivity contribution is -0.128. The zero-order valence-corrected chi connectivity index (χ0v) is 12.3. The van der Waals surface area contributed by atoms with Crippen molar-refractivity contribution in [1.82, 2.24) is 25.1 Å². The van der Waals surface area contributed by atoms with E-state index in [4.69, 9.17) is 10.5 Å². The molecule has 0 spiro atoms. The van der Waals surface area contributed by atoms with Crippen molar-refractivity contribution in [2.75, 3.05) is 18.8 Å². The van der Waals surface area contributed by atoms with E-state index in [0.717, 1.165) is 12.8 Å². The van der Waals surface area contributed by atoms with E-state index in [0.29, 0.717) is 24.3 Å². The van der Waals surface area contributed by atoms with Crippen LogP contribution in [0.3, 0.4) is 0 Å². The van der Waals surface area contributed by atoms with Gasteiger partial charge in [-0.05, 0) is 23.3 Å². The Morgan fingerprint density at radius 1 is 1.33 bits per heavy atom. The number of hydrogen-bond acceptors (Lipinski definition) is 7. The lowest BCUT2D eigenvalue weighted by Crippen LogP contribution is -2.34. The van der Waals surface area contributed by atoms with Crippen LogP contribution in [0.5, 0.6) is 0 Å². The molecule has 1 aromatic rings. The quantitative estimate of drug-likeness (QED) is 0.651. The Morgan fingerprint density at radius 2 is 2.00 bits per heavy atom. The van der Waals surface area contributed by atoms with E-state index >= 15 is 0 Å². The fourth-order valence-corrected chi connectivity index (χ4v) is 2.62. The Morgan fingerprint density at radius 3 is 2.57 bits per heavy atom. The predicted octanol–water partition coefficient (Wildman–Crippen LogP) is 0.756. The molecule has 21 heavy (non-hydrogen) atoms. The van der Waals surface area contributed by atoms with Crippen LogP contribution in [0.2, 0.25) is 0 Å². The largest absolute Gasteiger partial charge is 0.340 e. The first-order valence-electron chi connectivity index (χ1n) is 6.68. The Kier molecular flexibility index (Phi) is 5.52. The first-order chi connectivity index (χ1) is 10.3. The van der Waals surface area contributed by atoms with E-state index < -0.39 is 0 Å². The monoisotopic (exact) mass is 305 g/mol. The summed E-state index contributed by atoms with van der Waals surface area (Å²) in [6, 6.07) is 4.39. The Bertz CT molecular complexity index is 551. The molecule has 0 radical (unpaired) electrons. The summed E-state index contributed by atoms with van der Waals surface area (Å²) in [6.07, 6.45) is 2.68. The van der Waals surface area contributed by atoms with Gasteiger partial charge in [0.1, 0.15) is 0 Å². The fraction of sp³-hybridized carbons (Fsp3) is 0.667. The van der Waals surface area contributed by atoms with Gasteiger partial charge in [-0.3, -0.25) is 4.79 Å². The summed E-state index contributed by atoms with van der Waals surface area (Å²) in [6.45, 7) is 0.705. The molecule has 1 fully saturated rings. The van der Waals surface area contributed by atoms with Crippen molar-refractivity contribution in [3.63, 3.8) is 0 Å². The summed E-state index contributed by atoms with van der Waals surface area (Å²) in [5.41, 5.74) is 0. The molecule has 1 heterocycles. The van der Waals surface area contributed by atoms with Gasteiger partial charge >= 0.3 is 0 Å². The number of hydrogen-bond donors (Lipinski definition) is 0. The summed E-state index contributed by atoms with van der Waals surface area (Å²) >= 11 is 1.30. The molecule has 1 aromatic heterocycles. The van der Waals surface area contributed by atoms with Gasteiger partial charge in [0.2, 0.25) is 11.1 Å². The summed E-state index contributed by atoms with van der Waals surface area (Å²) in [7, 11) is 0. The van der Waals surface area contributed by atoms with Crippen molar-refractivity contribution in [3.05, 3.63) is 0 Å². The first kappa shape index (κ1) is 15.3. The molecule has 8 nitrogen and oxygen atoms in total. The van der Waals surface area contributed by atoms with Crippen LogP contribution in [-0.2, 0) is 4.79 Å². The smallest absolute Gasteiger partial charge is 0.233 e. The lowest BCUT2D eigenvalue weighted by atomic mass is 10.3. The summed E-state index contributed by atoms with van der Waals surface area (Å²) in [5, 5.41) is 29.4. The zero-order valence-electron chi connectivity index (χ0n) is 11.5. The van der Waals surface area contributed by atoms with E-state index in [1.807, 2.05) is 12.1 Å². The third-order valence-electron chi connectivity index (χ3n) is 3.02. The highest BCUT2D eigenvalue weighted by molar-refractivity contribution is 7.99. The first-order valence-corrected chi connectivity index (χ1v) is 7.67. The number of tetrazole rings is 1. The molecule has 1 saturated carbocycles. The minimum atomic E-state index is -0.101. The molecule has 1 amide bonds. The van der Waals surface area contributed by atoms with Crippen LogP contribution >= 0.6 is 11.8 Å². The summed E-state index contributed by atoms with van der Waals surface area (Å²) in [4.78, 5) is 13.7. The van der Waals surface area contributed by atoms with Crippen molar-refractivity contribution in [1.29, 1.82) is 10.5 Å². The average molecular weight is 305 g/mol. The molecule has 1 aliphatic rings. The average Bonchev–Trinajstić information content (AvgIpc) is 3.23. The number of nitriles is 2. The Labute approximate surface area is 126 Å². The van der Waals surface area contributed by atoms with Crippen molar-refractivity contribution < 1.29 is 4.79 Å². The maximum absolute atomic E-state index is 12.2. The van der Waals surface area contributed by atoms with Crippen molar-refractivity contribution in [2.45, 2.75) is 36.9 Å². The van der Waals surface area contributed by atoms with Crippen LogP contribution in [-0.4, -0.2) is 49.9 Å². The molecule has 0 bridgehead atoms. The normalized spacial score (nSPS) is 13.4. The Hall–Kier alpha value is -2.13. The number of amides is 1. The molecule has 9 heteroatoms. The molecule has 0 unspecified atom stereocenters. The van der Waals surface area contributed by atoms with E-state index in [9.17, 15) is 4.79 Å². The summed E-state index contributed by atoms with van der Waals surface area (Å²) < 4.78 is 1.76. The highest BCUT2D eigenvalue weighted by Crippen LogP contribution is 2.36. The third-order valence-corrected chi connectivity index (χ3v) is 3.94. The molecule has 0 aliphatic heterocycles. The van der Waals surface area contributed by atoms with Crippen LogP contribution in [0.4, 0.5) is 0 Å². The van der Waals surface area contributed by atoms with Crippen molar-refractivity contribution in [3.8, 4) is 12.1 Å². The Balaban J connectivity index is 1.87. The number of aromatic nitrogens is 4. The molecule has 0 saturated heterocycles. The second-order valence-electron chi connectivity index (χ2n) is 4.62. The highest BCUT2D eigenvalue weighted by Gasteiger charge is 2.28. The molecule has 2 rings (SSSR count). The molecule has 0 N–H and O–H groups in total. The molecule has 0 atom stereocenters. The second-order valence-corrected chi connectivity index (χ2v) is 5.57. The van der Waals surface area contributed by atoms with Gasteiger partial charge < -0.3 is 4.90 Å². The zero-order chi connectivity index (χ0) is 15.1. The van der Waals surface area contributed by atoms with Crippen LogP contribution in [0.15, 0.2) is 5.16 Å². The minimum absolute atomic E-state index is 0.101. The van der Waals surface area contributed by atoms with E-state index in [-0.39, 0.29) is 24.5 Å². The van der Waals surface area contributed by atoms with Gasteiger partial charge in [0.25, 0.3) is 0 Å². The van der Waals surface area contributed by atoms with Gasteiger partial charge in [-0.15, -0.1) is 5.10 Å². The van der Waals surface area contributed by atoms with Gasteiger partial charge in [0.15, 0.2) is 0 Å². The molecular formula is C12H15N7OS. The molecule has 110 valence electrons. The van der Waals surface area contributed by atoms with E-state index in [2.05, 4.69) is 15.5 Å². The predicted molar refractivity (Wildman–Crippen MR) is 73.9 cm³/mol. The van der Waals surface area contributed by atoms with Gasteiger partial charge in [0, 0.05) is 13.1 Å². The topological polar surface area (TPSA) is 111 Å². The number of carbonyl (C=O) groups excluding carboxylic acids is 1. The van der Waals surface area contributed by atoms with Crippen molar-refractivity contribution in [2.24, 2.45) is 0 Å².